The van der Waals surface area contributed by atoms with E-state index in [0.29, 0.717) is 91.7 Å². The van der Waals surface area contributed by atoms with Crippen LogP contribution in [0.15, 0.2) is 77.9 Å². The predicted octanol–water partition coefficient (Wildman–Crippen LogP) is 7.44. The molecule has 12 nitrogen and oxygen atoms in total. The highest BCUT2D eigenvalue weighted by atomic mass is 35.5. The number of esters is 2. The smallest absolute Gasteiger partial charge is 0.305 e. The van der Waals surface area contributed by atoms with Gasteiger partial charge in [-0.15, -0.1) is 0 Å². The second-order valence-corrected chi connectivity index (χ2v) is 16.3. The van der Waals surface area contributed by atoms with Crippen molar-refractivity contribution in [1.29, 1.82) is 0 Å². The molecule has 0 amide bonds. The number of nitrogens with zero attached hydrogens (tertiary/aromatic N) is 6. The summed E-state index contributed by atoms with van der Waals surface area (Å²) in [6.07, 6.45) is 8.28. The van der Waals surface area contributed by atoms with E-state index in [2.05, 4.69) is 9.80 Å². The number of ether oxygens (including phenoxy) is 2. The van der Waals surface area contributed by atoms with Crippen molar-refractivity contribution in [2.24, 2.45) is 5.92 Å². The highest BCUT2D eigenvalue weighted by Crippen LogP contribution is 2.46. The van der Waals surface area contributed by atoms with Gasteiger partial charge in [-0.3, -0.25) is 28.5 Å². The van der Waals surface area contributed by atoms with Gasteiger partial charge in [0.1, 0.15) is 18.9 Å². The van der Waals surface area contributed by atoms with Crippen LogP contribution in [0.1, 0.15) is 70.0 Å². The van der Waals surface area contributed by atoms with Crippen molar-refractivity contribution in [2.75, 3.05) is 53.5 Å². The van der Waals surface area contributed by atoms with Crippen LogP contribution in [0.2, 0.25) is 5.02 Å². The first-order chi connectivity index (χ1) is 28.6. The Morgan fingerprint density at radius 1 is 0.729 bits per heavy atom. The van der Waals surface area contributed by atoms with Gasteiger partial charge in [-0.2, -0.15) is 10.2 Å². The molecule has 0 N–H and O–H groups in total. The maximum Gasteiger partial charge on any atom is 0.305 e. The fourth-order valence-electron chi connectivity index (χ4n) is 8.33. The van der Waals surface area contributed by atoms with Crippen molar-refractivity contribution in [1.82, 2.24) is 29.4 Å². The van der Waals surface area contributed by atoms with Gasteiger partial charge in [0, 0.05) is 77.4 Å². The van der Waals surface area contributed by atoms with Crippen LogP contribution < -0.4 is 0 Å². The number of carbonyl (C=O) groups excluding carboxylic acids is 4. The van der Waals surface area contributed by atoms with E-state index in [9.17, 15) is 19.2 Å². The number of unbranched alkanes of at least 4 members (excludes halogenated alkanes) is 2. The van der Waals surface area contributed by atoms with Crippen LogP contribution in [0.25, 0.3) is 33.1 Å². The molecule has 0 bridgehead atoms. The predicted molar refractivity (Wildman–Crippen MR) is 227 cm³/mol. The number of Topliss-reactive ketones (excluding diaryl/α,β-unsaturated/α-hetero) is 1. The zero-order valence-corrected chi connectivity index (χ0v) is 34.7. The van der Waals surface area contributed by atoms with Gasteiger partial charge >= 0.3 is 11.9 Å². The van der Waals surface area contributed by atoms with E-state index in [0.717, 1.165) is 45.2 Å². The Kier molecular flexibility index (Phi) is 12.1. The minimum absolute atomic E-state index is 0.0344. The third-order valence-corrected chi connectivity index (χ3v) is 12.2. The van der Waals surface area contributed by atoms with Crippen molar-refractivity contribution < 1.29 is 28.7 Å². The van der Waals surface area contributed by atoms with E-state index in [1.165, 1.54) is 0 Å². The molecule has 2 unspecified atom stereocenters. The Hall–Kier alpha value is -5.14. The lowest BCUT2D eigenvalue weighted by atomic mass is 9.75. The number of hydrogen-bond acceptors (Lipinski definition) is 10. The van der Waals surface area contributed by atoms with Crippen molar-refractivity contribution >= 4 is 68.5 Å². The van der Waals surface area contributed by atoms with E-state index < -0.39 is 5.92 Å². The van der Waals surface area contributed by atoms with Gasteiger partial charge in [0.25, 0.3) is 0 Å². The van der Waals surface area contributed by atoms with Crippen molar-refractivity contribution in [2.45, 2.75) is 51.1 Å². The van der Waals surface area contributed by atoms with Crippen molar-refractivity contribution in [3.63, 3.8) is 0 Å². The first-order valence-corrected chi connectivity index (χ1v) is 20.9. The molecule has 0 spiro atoms. The molecule has 2 heterocycles. The number of ketones is 2. The zero-order chi connectivity index (χ0) is 41.2. The Labute approximate surface area is 352 Å². The molecular formula is C45H46Cl2N6O6. The topological polar surface area (TPSA) is 129 Å². The number of benzene rings is 3. The molecule has 59 heavy (non-hydrogen) atoms. The Morgan fingerprint density at radius 2 is 1.32 bits per heavy atom. The summed E-state index contributed by atoms with van der Waals surface area (Å²) in [7, 11) is 3.94. The first kappa shape index (κ1) is 40.6. The second-order valence-electron chi connectivity index (χ2n) is 15.5. The summed E-state index contributed by atoms with van der Waals surface area (Å²) in [5, 5.41) is 12.6. The number of likely N-dealkylation sites (N-methyl/N-ethyl adjacent to an activating group) is 2. The summed E-state index contributed by atoms with van der Waals surface area (Å²) in [6.45, 7) is 4.26. The molecule has 0 saturated heterocycles. The maximum atomic E-state index is 13.3. The molecule has 0 aliphatic heterocycles. The first-order valence-electron chi connectivity index (χ1n) is 20.2. The number of aromatic nitrogens is 4. The van der Waals surface area contributed by atoms with E-state index >= 15 is 0 Å². The van der Waals surface area contributed by atoms with Gasteiger partial charge < -0.3 is 19.3 Å². The van der Waals surface area contributed by atoms with Crippen LogP contribution in [0, 0.1) is 5.92 Å². The number of fused-ring (bicyclic) bond motifs is 4. The summed E-state index contributed by atoms with van der Waals surface area (Å²) in [5.74, 6) is -1.15. The normalized spacial score (nSPS) is 16.5. The lowest BCUT2D eigenvalue weighted by Crippen LogP contribution is -2.28. The molecule has 0 fully saturated rings. The van der Waals surface area contributed by atoms with Crippen LogP contribution in [-0.4, -0.2) is 106 Å². The molecule has 8 rings (SSSR count). The fraction of sp³-hybridized carbons (Fsp3) is 0.378. The summed E-state index contributed by atoms with van der Waals surface area (Å²) in [5.41, 5.74) is 6.00. The van der Waals surface area contributed by atoms with Crippen LogP contribution >= 0.6 is 23.2 Å². The highest BCUT2D eigenvalue weighted by Gasteiger charge is 2.41. The van der Waals surface area contributed by atoms with Gasteiger partial charge in [-0.25, -0.2) is 0 Å². The monoisotopic (exact) mass is 836 g/mol. The minimum atomic E-state index is -0.423. The molecule has 14 heteroatoms. The molecule has 0 radical (unpaired) electrons. The minimum Gasteiger partial charge on any atom is -0.464 e. The summed E-state index contributed by atoms with van der Waals surface area (Å²) in [4.78, 5) is 55.5. The Balaban J connectivity index is 0.692. The molecule has 2 aromatic heterocycles. The lowest BCUT2D eigenvalue weighted by molar-refractivity contribution is -0.144. The second kappa shape index (κ2) is 17.6. The fourth-order valence-corrected chi connectivity index (χ4v) is 8.90. The van der Waals surface area contributed by atoms with Crippen LogP contribution in [0.4, 0.5) is 0 Å². The molecule has 5 aromatic rings. The van der Waals surface area contributed by atoms with E-state index in [4.69, 9.17) is 42.9 Å². The third kappa shape index (κ3) is 8.23. The van der Waals surface area contributed by atoms with Crippen LogP contribution in [0.5, 0.6) is 0 Å². The number of rotatable bonds is 18. The molecular weight excluding hydrogens is 791 g/mol. The number of hydrogen-bond donors (Lipinski definition) is 0. The standard InChI is InChI=1S/C45H46Cl2N6O6/c1-50(20-22-52-34-16-8-12-30-40(34)42(48-52)28-10-6-14-32(46)38(28)44(30)56)24-26-58-36(54)18-4-3-5-19-37(55)59-27-25-51(2)21-23-53-35-17-9-13-31-41(35)43(49-53)29-11-7-15-33(47)39(29)45(31)57/h6-17,28,38H,3-5,18-27H2,1-2H3. The van der Waals surface area contributed by atoms with Gasteiger partial charge in [0.05, 0.1) is 46.3 Å². The van der Waals surface area contributed by atoms with Crippen molar-refractivity contribution in [3.8, 4) is 11.3 Å². The summed E-state index contributed by atoms with van der Waals surface area (Å²) >= 11 is 12.9. The lowest BCUT2D eigenvalue weighted by Gasteiger charge is -2.28. The molecule has 2 atom stereocenters. The number of allylic oxidation sites excluding steroid dienone is 4. The quantitative estimate of drug-likeness (QED) is 0.0637. The SMILES string of the molecule is CN(CCOC(=O)CCCCCC(=O)OCCN(C)CCn1nc2c3c(cccc31)C(=O)C1C(Cl)=CC=CC21)CCn1nc2c3c(cccc31)C(=O)c1c(Cl)cccc1-2. The Morgan fingerprint density at radius 3 is 2.00 bits per heavy atom. The van der Waals surface area contributed by atoms with Gasteiger partial charge in [0.2, 0.25) is 0 Å². The molecule has 0 saturated carbocycles. The van der Waals surface area contributed by atoms with E-state index in [1.54, 1.807) is 12.1 Å². The summed E-state index contributed by atoms with van der Waals surface area (Å²) in [6, 6.07) is 16.9. The zero-order valence-electron chi connectivity index (χ0n) is 33.2. The Bertz CT molecular complexity index is 2520. The third-order valence-electron chi connectivity index (χ3n) is 11.5. The van der Waals surface area contributed by atoms with E-state index in [1.807, 2.05) is 84.1 Å². The molecule has 3 aromatic carbocycles. The van der Waals surface area contributed by atoms with Gasteiger partial charge in [0.15, 0.2) is 11.6 Å². The van der Waals surface area contributed by atoms with Gasteiger partial charge in [-0.05, 0) is 51.2 Å². The molecule has 3 aliphatic carbocycles. The average Bonchev–Trinajstić information content (AvgIpc) is 3.80. The maximum absolute atomic E-state index is 13.3. The summed E-state index contributed by atoms with van der Waals surface area (Å²) < 4.78 is 14.8. The van der Waals surface area contributed by atoms with E-state index in [-0.39, 0.29) is 42.6 Å². The average molecular weight is 838 g/mol. The number of carbonyl (C=O) groups is 4. The van der Waals surface area contributed by atoms with Crippen molar-refractivity contribution in [3.05, 3.63) is 105 Å². The molecule has 306 valence electrons. The highest BCUT2D eigenvalue weighted by molar-refractivity contribution is 6.38. The largest absolute Gasteiger partial charge is 0.464 e. The molecule has 3 aliphatic rings. The van der Waals surface area contributed by atoms with Gasteiger partial charge in [-0.1, -0.05) is 78.2 Å². The van der Waals surface area contributed by atoms with Crippen LogP contribution in [0.3, 0.4) is 0 Å². The number of halogens is 2. The van der Waals surface area contributed by atoms with Crippen LogP contribution in [-0.2, 0) is 32.2 Å².